The third kappa shape index (κ3) is 5.63. The number of alkyl halides is 1. The molecule has 200 valence electrons. The predicted molar refractivity (Wildman–Crippen MR) is 149 cm³/mol. The second-order valence-electron chi connectivity index (χ2n) is 9.94. The molecule has 4 atom stereocenters. The molecule has 0 spiro atoms. The summed E-state index contributed by atoms with van der Waals surface area (Å²) in [6, 6.07) is 22.5. The molecule has 0 N–H and O–H groups in total. The fraction of sp³-hybridized carbons (Fsp3) is 0.290. The Balaban J connectivity index is 1.27. The molecule has 2 fully saturated rings. The fourth-order valence-corrected chi connectivity index (χ4v) is 5.87. The highest BCUT2D eigenvalue weighted by Gasteiger charge is 2.50. The maximum atomic E-state index is 13.3. The van der Waals surface area contributed by atoms with E-state index in [4.69, 9.17) is 27.9 Å². The van der Waals surface area contributed by atoms with E-state index in [-0.39, 0.29) is 53.2 Å². The van der Waals surface area contributed by atoms with Crippen LogP contribution in [-0.4, -0.2) is 35.6 Å². The number of carbonyl (C=O) groups excluding carboxylic acids is 4. The van der Waals surface area contributed by atoms with Crippen LogP contribution in [0.15, 0.2) is 78.9 Å². The van der Waals surface area contributed by atoms with Crippen LogP contribution in [0.3, 0.4) is 0 Å². The maximum Gasteiger partial charge on any atom is 0.338 e. The predicted octanol–water partition coefficient (Wildman–Crippen LogP) is 6.45. The van der Waals surface area contributed by atoms with E-state index in [1.54, 1.807) is 36.4 Å². The molecular formula is C31H27Cl2NO5. The lowest BCUT2D eigenvalue weighted by molar-refractivity contribution is -0.122. The number of benzene rings is 3. The van der Waals surface area contributed by atoms with Crippen LogP contribution >= 0.6 is 23.2 Å². The number of esters is 1. The molecule has 1 aliphatic carbocycles. The average molecular weight is 564 g/mol. The summed E-state index contributed by atoms with van der Waals surface area (Å²) < 4.78 is 5.51. The molecule has 3 aromatic rings. The van der Waals surface area contributed by atoms with Gasteiger partial charge in [0.15, 0.2) is 6.10 Å². The molecule has 8 heteroatoms. The number of hydrogen-bond acceptors (Lipinski definition) is 5. The highest BCUT2D eigenvalue weighted by Crippen LogP contribution is 2.45. The molecule has 2 amide bonds. The summed E-state index contributed by atoms with van der Waals surface area (Å²) in [5.41, 5.74) is 2.17. The molecule has 5 rings (SSSR count). The highest BCUT2D eigenvalue weighted by atomic mass is 35.5. The molecule has 0 bridgehead atoms. The van der Waals surface area contributed by atoms with Crippen LogP contribution < -0.4 is 4.90 Å². The van der Waals surface area contributed by atoms with Gasteiger partial charge in [-0.3, -0.25) is 19.3 Å². The minimum absolute atomic E-state index is 0.128. The number of rotatable bonds is 8. The van der Waals surface area contributed by atoms with Gasteiger partial charge in [0.1, 0.15) is 0 Å². The Bertz CT molecular complexity index is 1370. The van der Waals surface area contributed by atoms with Gasteiger partial charge in [0.2, 0.25) is 17.6 Å². The summed E-state index contributed by atoms with van der Waals surface area (Å²) in [5.74, 6) is -1.76. The standard InChI is InChI=1S/C31H27Cl2NO5/c32-17-16-27(28(35)20-6-11-23(33)12-7-20)39-31(38)21-8-13-24(14-9-21)34-29(36)25-15-10-22(18-26(25)30(34)37)19-4-2-1-3-5-19/h1-9,11-14,22,25-27H,10,15-18H2/t22-,25+,26-,27+/m0/s1. The quantitative estimate of drug-likeness (QED) is 0.136. The Morgan fingerprint density at radius 1 is 0.846 bits per heavy atom. The van der Waals surface area contributed by atoms with Crippen molar-refractivity contribution in [2.24, 2.45) is 11.8 Å². The molecule has 1 heterocycles. The molecule has 6 nitrogen and oxygen atoms in total. The summed E-state index contributed by atoms with van der Waals surface area (Å²) >= 11 is 11.8. The average Bonchev–Trinajstić information content (AvgIpc) is 3.22. The highest BCUT2D eigenvalue weighted by molar-refractivity contribution is 6.30. The normalized spacial score (nSPS) is 21.4. The van der Waals surface area contributed by atoms with Crippen molar-refractivity contribution in [2.45, 2.75) is 37.7 Å². The van der Waals surface area contributed by atoms with Crippen molar-refractivity contribution in [3.8, 4) is 0 Å². The number of carbonyl (C=O) groups is 4. The van der Waals surface area contributed by atoms with Crippen LogP contribution in [0.5, 0.6) is 0 Å². The minimum atomic E-state index is -1.06. The van der Waals surface area contributed by atoms with Crippen LogP contribution in [0, 0.1) is 11.8 Å². The number of imide groups is 1. The third-order valence-corrected chi connectivity index (χ3v) is 8.07. The van der Waals surface area contributed by atoms with Crippen molar-refractivity contribution >= 4 is 52.5 Å². The molecule has 1 aliphatic heterocycles. The Morgan fingerprint density at radius 3 is 2.15 bits per heavy atom. The van der Waals surface area contributed by atoms with E-state index in [0.29, 0.717) is 29.1 Å². The van der Waals surface area contributed by atoms with Gasteiger partial charge in [-0.05, 0) is 79.3 Å². The van der Waals surface area contributed by atoms with Crippen molar-refractivity contribution < 1.29 is 23.9 Å². The Kier molecular flexibility index (Phi) is 8.15. The fourth-order valence-electron chi connectivity index (χ4n) is 5.55. The van der Waals surface area contributed by atoms with Crippen molar-refractivity contribution in [2.75, 3.05) is 10.8 Å². The zero-order valence-corrected chi connectivity index (χ0v) is 22.6. The third-order valence-electron chi connectivity index (χ3n) is 7.60. The van der Waals surface area contributed by atoms with Gasteiger partial charge in [-0.2, -0.15) is 0 Å². The van der Waals surface area contributed by atoms with Crippen molar-refractivity contribution in [1.29, 1.82) is 0 Å². The Labute approximate surface area is 236 Å². The van der Waals surface area contributed by atoms with Gasteiger partial charge in [-0.15, -0.1) is 11.6 Å². The smallest absolute Gasteiger partial charge is 0.338 e. The second-order valence-corrected chi connectivity index (χ2v) is 10.7. The van der Waals surface area contributed by atoms with Crippen molar-refractivity contribution in [1.82, 2.24) is 0 Å². The summed E-state index contributed by atoms with van der Waals surface area (Å²) in [7, 11) is 0. The van der Waals surface area contributed by atoms with Crippen LogP contribution in [0.2, 0.25) is 5.02 Å². The Hall–Kier alpha value is -3.48. The van der Waals surface area contributed by atoms with E-state index < -0.39 is 12.1 Å². The molecule has 1 saturated carbocycles. The van der Waals surface area contributed by atoms with E-state index in [1.165, 1.54) is 22.6 Å². The molecular weight excluding hydrogens is 537 g/mol. The van der Waals surface area contributed by atoms with Gasteiger partial charge < -0.3 is 4.74 Å². The number of anilines is 1. The lowest BCUT2D eigenvalue weighted by Crippen LogP contribution is -2.31. The molecule has 39 heavy (non-hydrogen) atoms. The lowest BCUT2D eigenvalue weighted by Gasteiger charge is -2.28. The minimum Gasteiger partial charge on any atom is -0.450 e. The van der Waals surface area contributed by atoms with Gasteiger partial charge in [0.25, 0.3) is 0 Å². The number of nitrogens with zero attached hydrogens (tertiary/aromatic N) is 1. The van der Waals surface area contributed by atoms with Crippen molar-refractivity contribution in [3.63, 3.8) is 0 Å². The van der Waals surface area contributed by atoms with E-state index in [0.717, 1.165) is 6.42 Å². The first-order valence-corrected chi connectivity index (χ1v) is 13.9. The van der Waals surface area contributed by atoms with Gasteiger partial charge in [-0.1, -0.05) is 41.9 Å². The van der Waals surface area contributed by atoms with Gasteiger partial charge in [0, 0.05) is 22.9 Å². The zero-order chi connectivity index (χ0) is 27.5. The summed E-state index contributed by atoms with van der Waals surface area (Å²) in [6.07, 6.45) is 1.26. The first kappa shape index (κ1) is 27.1. The summed E-state index contributed by atoms with van der Waals surface area (Å²) in [6.45, 7) is 0. The van der Waals surface area contributed by atoms with Gasteiger partial charge in [0.05, 0.1) is 23.1 Å². The van der Waals surface area contributed by atoms with Crippen molar-refractivity contribution in [3.05, 3.63) is 101 Å². The summed E-state index contributed by atoms with van der Waals surface area (Å²) in [4.78, 5) is 53.6. The van der Waals surface area contributed by atoms with Crippen LogP contribution in [0.25, 0.3) is 0 Å². The molecule has 2 aliphatic rings. The number of hydrogen-bond donors (Lipinski definition) is 0. The van der Waals surface area contributed by atoms with Crippen LogP contribution in [0.1, 0.15) is 57.9 Å². The molecule has 0 radical (unpaired) electrons. The first-order valence-electron chi connectivity index (χ1n) is 13.0. The van der Waals surface area contributed by atoms with E-state index in [2.05, 4.69) is 12.1 Å². The number of amides is 2. The monoisotopic (exact) mass is 563 g/mol. The first-order chi connectivity index (χ1) is 18.9. The number of fused-ring (bicyclic) bond motifs is 1. The van der Waals surface area contributed by atoms with E-state index >= 15 is 0 Å². The lowest BCUT2D eigenvalue weighted by atomic mass is 9.73. The van der Waals surface area contributed by atoms with Crippen LogP contribution in [0.4, 0.5) is 5.69 Å². The number of halogens is 2. The number of Topliss-reactive ketones (excluding diaryl/α,β-unsaturated/α-hetero) is 1. The molecule has 0 aromatic heterocycles. The molecule has 1 saturated heterocycles. The number of ether oxygens (including phenoxy) is 1. The largest absolute Gasteiger partial charge is 0.450 e. The van der Waals surface area contributed by atoms with Gasteiger partial charge in [-0.25, -0.2) is 4.79 Å². The van der Waals surface area contributed by atoms with E-state index in [9.17, 15) is 19.2 Å². The summed E-state index contributed by atoms with van der Waals surface area (Å²) in [5, 5.41) is 0.489. The zero-order valence-electron chi connectivity index (χ0n) is 21.1. The number of ketones is 1. The molecule has 0 unspecified atom stereocenters. The maximum absolute atomic E-state index is 13.3. The molecule has 3 aromatic carbocycles. The second kappa shape index (κ2) is 11.7. The van der Waals surface area contributed by atoms with E-state index in [1.807, 2.05) is 18.2 Å². The van der Waals surface area contributed by atoms with Crippen LogP contribution in [-0.2, 0) is 14.3 Å². The topological polar surface area (TPSA) is 80.8 Å². The SMILES string of the molecule is O=C(O[C@H](CCCl)C(=O)c1ccc(Cl)cc1)c1ccc(N2C(=O)[C@H]3C[C@@H](c4ccccc4)CC[C@H]3C2=O)cc1. The van der Waals surface area contributed by atoms with Gasteiger partial charge >= 0.3 is 5.97 Å². The Morgan fingerprint density at radius 2 is 1.49 bits per heavy atom.